The highest BCUT2D eigenvalue weighted by Gasteiger charge is 2.24. The minimum absolute atomic E-state index is 0.0148. The predicted octanol–water partition coefficient (Wildman–Crippen LogP) is 6.43. The van der Waals surface area contributed by atoms with Crippen LogP contribution >= 0.6 is 23.2 Å². The predicted molar refractivity (Wildman–Crippen MR) is 130 cm³/mol. The fourth-order valence-electron chi connectivity index (χ4n) is 3.79. The lowest BCUT2D eigenvalue weighted by Gasteiger charge is -2.18. The lowest BCUT2D eigenvalue weighted by Crippen LogP contribution is -2.30. The van der Waals surface area contributed by atoms with Crippen LogP contribution in [0.25, 0.3) is 10.9 Å². The van der Waals surface area contributed by atoms with Gasteiger partial charge in [-0.1, -0.05) is 71.7 Å². The van der Waals surface area contributed by atoms with Crippen LogP contribution in [0.4, 0.5) is 0 Å². The van der Waals surface area contributed by atoms with E-state index in [9.17, 15) is 9.59 Å². The number of aromatic nitrogens is 1. The summed E-state index contributed by atoms with van der Waals surface area (Å²) < 4.78 is 0. The van der Waals surface area contributed by atoms with E-state index in [4.69, 9.17) is 23.2 Å². The molecule has 162 valence electrons. The Morgan fingerprint density at radius 1 is 1.00 bits per heavy atom. The van der Waals surface area contributed by atoms with Gasteiger partial charge in [-0.05, 0) is 42.7 Å². The van der Waals surface area contributed by atoms with E-state index in [1.807, 2.05) is 48.5 Å². The Kier molecular flexibility index (Phi) is 6.75. The standard InChI is InChI=1S/C26H22Cl2N2O2/c1-16(31)19-8-10-21-22(15-30-24(21)13-19)26(32)25(18-5-3-2-4-6-18)29-12-11-17-7-9-20(27)14-23(17)28/h2-10,13-15,25,29-30H,11-12H2,1H3. The molecule has 0 spiro atoms. The molecule has 0 fully saturated rings. The summed E-state index contributed by atoms with van der Waals surface area (Å²) in [7, 11) is 0. The summed E-state index contributed by atoms with van der Waals surface area (Å²) in [5.74, 6) is -0.0562. The Morgan fingerprint density at radius 2 is 1.78 bits per heavy atom. The number of ketones is 2. The van der Waals surface area contributed by atoms with Crippen molar-refractivity contribution in [2.24, 2.45) is 0 Å². The summed E-state index contributed by atoms with van der Waals surface area (Å²) in [6.45, 7) is 2.09. The van der Waals surface area contributed by atoms with E-state index in [0.29, 0.717) is 34.1 Å². The Balaban J connectivity index is 1.60. The van der Waals surface area contributed by atoms with Crippen LogP contribution in [0.3, 0.4) is 0 Å². The molecule has 3 aromatic carbocycles. The number of fused-ring (bicyclic) bond motifs is 1. The minimum atomic E-state index is -0.520. The lowest BCUT2D eigenvalue weighted by atomic mass is 9.96. The molecule has 0 radical (unpaired) electrons. The van der Waals surface area contributed by atoms with Crippen molar-refractivity contribution in [1.82, 2.24) is 10.3 Å². The lowest BCUT2D eigenvalue weighted by molar-refractivity contribution is 0.0944. The molecule has 4 nitrogen and oxygen atoms in total. The SMILES string of the molecule is CC(=O)c1ccc2c(C(=O)C(NCCc3ccc(Cl)cc3Cl)c3ccccc3)c[nH]c2c1. The third-order valence-corrected chi connectivity index (χ3v) is 6.09. The number of rotatable bonds is 8. The molecule has 0 bridgehead atoms. The molecule has 1 atom stereocenters. The monoisotopic (exact) mass is 464 g/mol. The van der Waals surface area contributed by atoms with E-state index in [2.05, 4.69) is 10.3 Å². The summed E-state index contributed by atoms with van der Waals surface area (Å²) >= 11 is 12.3. The molecule has 1 unspecified atom stereocenters. The van der Waals surface area contributed by atoms with Gasteiger partial charge in [-0.15, -0.1) is 0 Å². The van der Waals surface area contributed by atoms with Gasteiger partial charge in [0.15, 0.2) is 11.6 Å². The molecule has 0 amide bonds. The van der Waals surface area contributed by atoms with Crippen LogP contribution in [0.5, 0.6) is 0 Å². The zero-order valence-electron chi connectivity index (χ0n) is 17.5. The van der Waals surface area contributed by atoms with Crippen molar-refractivity contribution in [3.63, 3.8) is 0 Å². The topological polar surface area (TPSA) is 62.0 Å². The van der Waals surface area contributed by atoms with Crippen molar-refractivity contribution < 1.29 is 9.59 Å². The van der Waals surface area contributed by atoms with Crippen LogP contribution in [0.2, 0.25) is 10.0 Å². The summed E-state index contributed by atoms with van der Waals surface area (Å²) in [5, 5.41) is 5.40. The summed E-state index contributed by atoms with van der Waals surface area (Å²) in [6, 6.07) is 19.9. The molecule has 0 aliphatic rings. The number of carbonyl (C=O) groups excluding carboxylic acids is 2. The van der Waals surface area contributed by atoms with E-state index >= 15 is 0 Å². The zero-order valence-corrected chi connectivity index (χ0v) is 19.0. The van der Waals surface area contributed by atoms with E-state index in [1.54, 1.807) is 24.4 Å². The average molecular weight is 465 g/mol. The van der Waals surface area contributed by atoms with Crippen molar-refractivity contribution in [2.45, 2.75) is 19.4 Å². The molecule has 0 saturated heterocycles. The molecule has 2 N–H and O–H groups in total. The van der Waals surface area contributed by atoms with E-state index in [1.165, 1.54) is 6.92 Å². The van der Waals surface area contributed by atoms with Gasteiger partial charge in [0.05, 0.1) is 6.04 Å². The second-order valence-electron chi connectivity index (χ2n) is 7.67. The van der Waals surface area contributed by atoms with E-state index in [-0.39, 0.29) is 11.6 Å². The number of aromatic amines is 1. The van der Waals surface area contributed by atoms with E-state index in [0.717, 1.165) is 22.0 Å². The van der Waals surface area contributed by atoms with Crippen LogP contribution < -0.4 is 5.32 Å². The highest BCUT2D eigenvalue weighted by molar-refractivity contribution is 6.35. The van der Waals surface area contributed by atoms with Crippen LogP contribution in [-0.2, 0) is 6.42 Å². The number of Topliss-reactive ketones (excluding diaryl/α,β-unsaturated/α-hetero) is 2. The van der Waals surface area contributed by atoms with Crippen molar-refractivity contribution >= 4 is 45.7 Å². The first-order valence-corrected chi connectivity index (χ1v) is 11.1. The maximum Gasteiger partial charge on any atom is 0.186 e. The number of nitrogens with one attached hydrogen (secondary N) is 2. The second kappa shape index (κ2) is 9.70. The van der Waals surface area contributed by atoms with Gasteiger partial charge in [-0.25, -0.2) is 0 Å². The van der Waals surface area contributed by atoms with Crippen LogP contribution in [0.1, 0.15) is 44.8 Å². The quantitative estimate of drug-likeness (QED) is 0.295. The van der Waals surface area contributed by atoms with Gasteiger partial charge in [0.25, 0.3) is 0 Å². The number of carbonyl (C=O) groups is 2. The number of hydrogen-bond donors (Lipinski definition) is 2. The van der Waals surface area contributed by atoms with Crippen LogP contribution in [0.15, 0.2) is 72.9 Å². The van der Waals surface area contributed by atoms with Crippen LogP contribution in [-0.4, -0.2) is 23.1 Å². The summed E-state index contributed by atoms with van der Waals surface area (Å²) in [5.41, 5.74) is 3.80. The largest absolute Gasteiger partial charge is 0.360 e. The van der Waals surface area contributed by atoms with Gasteiger partial charge in [0.1, 0.15) is 0 Å². The maximum atomic E-state index is 13.6. The normalized spacial score (nSPS) is 12.1. The minimum Gasteiger partial charge on any atom is -0.360 e. The Labute approximate surface area is 196 Å². The number of benzene rings is 3. The molecular formula is C26H22Cl2N2O2. The zero-order chi connectivity index (χ0) is 22.7. The number of hydrogen-bond acceptors (Lipinski definition) is 3. The van der Waals surface area contributed by atoms with Crippen molar-refractivity contribution in [1.29, 1.82) is 0 Å². The highest BCUT2D eigenvalue weighted by Crippen LogP contribution is 2.26. The fourth-order valence-corrected chi connectivity index (χ4v) is 4.29. The molecule has 0 aliphatic heterocycles. The first kappa shape index (κ1) is 22.3. The fraction of sp³-hybridized carbons (Fsp3) is 0.154. The first-order valence-electron chi connectivity index (χ1n) is 10.3. The first-order chi connectivity index (χ1) is 15.4. The van der Waals surface area contributed by atoms with Gasteiger partial charge in [0.2, 0.25) is 0 Å². The molecular weight excluding hydrogens is 443 g/mol. The average Bonchev–Trinajstić information content (AvgIpc) is 3.21. The molecule has 4 aromatic rings. The van der Waals surface area contributed by atoms with Gasteiger partial charge in [0, 0.05) is 44.8 Å². The smallest absolute Gasteiger partial charge is 0.186 e. The maximum absolute atomic E-state index is 13.6. The van der Waals surface area contributed by atoms with Crippen LogP contribution in [0, 0.1) is 0 Å². The molecule has 32 heavy (non-hydrogen) atoms. The van der Waals surface area contributed by atoms with Gasteiger partial charge in [-0.2, -0.15) is 0 Å². The molecule has 1 heterocycles. The number of H-pyrrole nitrogens is 1. The van der Waals surface area contributed by atoms with Crippen molar-refractivity contribution in [2.75, 3.05) is 6.54 Å². The van der Waals surface area contributed by atoms with Crippen molar-refractivity contribution in [3.05, 3.63) is 105 Å². The molecule has 0 aliphatic carbocycles. The third kappa shape index (κ3) is 4.78. The van der Waals surface area contributed by atoms with Crippen molar-refractivity contribution in [3.8, 4) is 0 Å². The summed E-state index contributed by atoms with van der Waals surface area (Å²) in [6.07, 6.45) is 2.37. The molecule has 4 rings (SSSR count). The van der Waals surface area contributed by atoms with Gasteiger partial charge >= 0.3 is 0 Å². The second-order valence-corrected chi connectivity index (χ2v) is 8.51. The molecule has 1 aromatic heterocycles. The van der Waals surface area contributed by atoms with Gasteiger partial charge in [-0.3, -0.25) is 9.59 Å². The molecule has 6 heteroatoms. The Hall–Kier alpha value is -2.92. The van der Waals surface area contributed by atoms with E-state index < -0.39 is 6.04 Å². The molecule has 0 saturated carbocycles. The number of halogens is 2. The Morgan fingerprint density at radius 3 is 2.50 bits per heavy atom. The van der Waals surface area contributed by atoms with Gasteiger partial charge < -0.3 is 10.3 Å². The third-order valence-electron chi connectivity index (χ3n) is 5.51. The Bertz CT molecular complexity index is 1280. The highest BCUT2D eigenvalue weighted by atomic mass is 35.5. The summed E-state index contributed by atoms with van der Waals surface area (Å²) in [4.78, 5) is 28.4.